The normalized spacial score (nSPS) is 37.9. The van der Waals surface area contributed by atoms with Crippen molar-refractivity contribution < 1.29 is 9.59 Å². The van der Waals surface area contributed by atoms with Crippen molar-refractivity contribution in [3.05, 3.63) is 0 Å². The van der Waals surface area contributed by atoms with Gasteiger partial charge in [0.1, 0.15) is 6.04 Å². The average molecular weight is 237 g/mol. The van der Waals surface area contributed by atoms with Crippen molar-refractivity contribution in [1.82, 2.24) is 15.5 Å². The van der Waals surface area contributed by atoms with Crippen LogP contribution in [-0.2, 0) is 9.59 Å². The Hall–Kier alpha value is -1.10. The first-order valence-electron chi connectivity index (χ1n) is 6.60. The second-order valence-corrected chi connectivity index (χ2v) is 5.22. The zero-order chi connectivity index (χ0) is 11.8. The monoisotopic (exact) mass is 237 g/mol. The molecule has 3 aliphatic heterocycles. The molecule has 0 saturated carbocycles. The summed E-state index contributed by atoms with van der Waals surface area (Å²) in [6.45, 7) is 1.52. The van der Waals surface area contributed by atoms with Gasteiger partial charge in [-0.05, 0) is 38.6 Å². The number of hydrogen-bond donors (Lipinski definition) is 2. The highest BCUT2D eigenvalue weighted by Crippen LogP contribution is 2.32. The first kappa shape index (κ1) is 11.0. The molecule has 94 valence electrons. The number of fused-ring (bicyclic) bond motifs is 1. The molecule has 2 N–H and O–H groups in total. The van der Waals surface area contributed by atoms with Gasteiger partial charge in [-0.15, -0.1) is 0 Å². The van der Waals surface area contributed by atoms with Crippen molar-refractivity contribution in [3.8, 4) is 0 Å². The lowest BCUT2D eigenvalue weighted by Gasteiger charge is -2.38. The van der Waals surface area contributed by atoms with Crippen molar-refractivity contribution in [1.29, 1.82) is 0 Å². The fraction of sp³-hybridized carbons (Fsp3) is 0.833. The fourth-order valence-corrected chi connectivity index (χ4v) is 3.30. The molecule has 0 unspecified atom stereocenters. The van der Waals surface area contributed by atoms with Gasteiger partial charge in [0.2, 0.25) is 11.8 Å². The molecule has 3 rings (SSSR count). The number of hydrogen-bond acceptors (Lipinski definition) is 3. The molecule has 3 fully saturated rings. The average Bonchev–Trinajstić information content (AvgIpc) is 2.75. The van der Waals surface area contributed by atoms with E-state index in [9.17, 15) is 9.59 Å². The fourth-order valence-electron chi connectivity index (χ4n) is 3.30. The molecule has 5 nitrogen and oxygen atoms in total. The van der Waals surface area contributed by atoms with Crippen molar-refractivity contribution in [2.24, 2.45) is 0 Å². The van der Waals surface area contributed by atoms with E-state index in [0.717, 1.165) is 38.6 Å². The Kier molecular flexibility index (Phi) is 2.78. The highest BCUT2D eigenvalue weighted by molar-refractivity contribution is 5.91. The summed E-state index contributed by atoms with van der Waals surface area (Å²) < 4.78 is 0. The third-order valence-electron chi connectivity index (χ3n) is 4.19. The van der Waals surface area contributed by atoms with Crippen LogP contribution in [0.25, 0.3) is 0 Å². The van der Waals surface area contributed by atoms with E-state index in [1.54, 1.807) is 0 Å². The van der Waals surface area contributed by atoms with E-state index in [4.69, 9.17) is 0 Å². The van der Waals surface area contributed by atoms with E-state index in [1.807, 2.05) is 4.90 Å². The van der Waals surface area contributed by atoms with Crippen LogP contribution in [0.5, 0.6) is 0 Å². The van der Waals surface area contributed by atoms with Crippen molar-refractivity contribution in [2.45, 2.75) is 50.2 Å². The molecule has 2 bridgehead atoms. The number of carbonyl (C=O) groups is 2. The Bertz CT molecular complexity index is 345. The van der Waals surface area contributed by atoms with Gasteiger partial charge >= 0.3 is 0 Å². The third kappa shape index (κ3) is 1.82. The molecular weight excluding hydrogens is 218 g/mol. The van der Waals surface area contributed by atoms with Gasteiger partial charge in [-0.3, -0.25) is 9.59 Å². The second-order valence-electron chi connectivity index (χ2n) is 5.22. The molecule has 0 spiro atoms. The van der Waals surface area contributed by atoms with E-state index < -0.39 is 0 Å². The molecule has 17 heavy (non-hydrogen) atoms. The number of piperidine rings is 1. The maximum atomic E-state index is 12.3. The third-order valence-corrected chi connectivity index (χ3v) is 4.19. The predicted molar refractivity (Wildman–Crippen MR) is 62.3 cm³/mol. The molecule has 3 aliphatic rings. The predicted octanol–water partition coefficient (Wildman–Crippen LogP) is -0.382. The van der Waals surface area contributed by atoms with E-state index in [-0.39, 0.29) is 23.9 Å². The van der Waals surface area contributed by atoms with Gasteiger partial charge in [-0.1, -0.05) is 0 Å². The Morgan fingerprint density at radius 3 is 2.76 bits per heavy atom. The number of nitrogens with one attached hydrogen (secondary N) is 2. The van der Waals surface area contributed by atoms with E-state index >= 15 is 0 Å². The van der Waals surface area contributed by atoms with Gasteiger partial charge in [0, 0.05) is 12.6 Å². The van der Waals surface area contributed by atoms with Gasteiger partial charge in [0.25, 0.3) is 0 Å². The van der Waals surface area contributed by atoms with Crippen LogP contribution in [-0.4, -0.2) is 47.9 Å². The van der Waals surface area contributed by atoms with Gasteiger partial charge in [0.15, 0.2) is 0 Å². The van der Waals surface area contributed by atoms with E-state index in [0.29, 0.717) is 12.6 Å². The molecular formula is C12H19N3O2. The topological polar surface area (TPSA) is 61.4 Å². The van der Waals surface area contributed by atoms with Gasteiger partial charge in [-0.2, -0.15) is 0 Å². The van der Waals surface area contributed by atoms with E-state index in [1.165, 1.54) is 0 Å². The van der Waals surface area contributed by atoms with Crippen LogP contribution in [0.1, 0.15) is 32.1 Å². The van der Waals surface area contributed by atoms with Crippen molar-refractivity contribution in [2.75, 3.05) is 13.1 Å². The standard InChI is InChI=1S/C12H19N3O2/c16-11-10-5-3-8-2-4-9(12(17)15(8)10)13-6-1-7-14-11/h8-10,13H,1-7H2,(H,14,16)/t8-,9-,10+/m1/s1. The second kappa shape index (κ2) is 4.29. The van der Waals surface area contributed by atoms with Crippen LogP contribution in [0.2, 0.25) is 0 Å². The maximum absolute atomic E-state index is 12.3. The number of rotatable bonds is 0. The van der Waals surface area contributed by atoms with Crippen molar-refractivity contribution in [3.63, 3.8) is 0 Å². The number of amides is 2. The van der Waals surface area contributed by atoms with Crippen LogP contribution in [0.3, 0.4) is 0 Å². The SMILES string of the molecule is O=C1NCCCN[C@@H]2CC[C@@H]3CC[C@@H]1N3C2=O. The van der Waals surface area contributed by atoms with Gasteiger partial charge in [0.05, 0.1) is 6.04 Å². The van der Waals surface area contributed by atoms with Gasteiger partial charge < -0.3 is 15.5 Å². The first-order chi connectivity index (χ1) is 8.27. The Morgan fingerprint density at radius 1 is 1.06 bits per heavy atom. The van der Waals surface area contributed by atoms with Crippen molar-refractivity contribution >= 4 is 11.8 Å². The largest absolute Gasteiger partial charge is 0.354 e. The van der Waals surface area contributed by atoms with E-state index in [2.05, 4.69) is 10.6 Å². The zero-order valence-electron chi connectivity index (χ0n) is 9.95. The smallest absolute Gasteiger partial charge is 0.242 e. The van der Waals surface area contributed by atoms with Crippen LogP contribution in [0.4, 0.5) is 0 Å². The molecule has 5 heteroatoms. The zero-order valence-corrected chi connectivity index (χ0v) is 9.95. The summed E-state index contributed by atoms with van der Waals surface area (Å²) in [6.07, 6.45) is 4.67. The summed E-state index contributed by atoms with van der Waals surface area (Å²) in [5, 5.41) is 6.24. The lowest BCUT2D eigenvalue weighted by atomic mass is 9.98. The van der Waals surface area contributed by atoms with Crippen LogP contribution in [0.15, 0.2) is 0 Å². The molecule has 3 atom stereocenters. The molecule has 0 aromatic rings. The molecule has 2 amide bonds. The minimum absolute atomic E-state index is 0.0448. The van der Waals surface area contributed by atoms with Crippen LogP contribution >= 0.6 is 0 Å². The minimum atomic E-state index is -0.213. The van der Waals surface area contributed by atoms with Crippen LogP contribution < -0.4 is 10.6 Å². The molecule has 0 radical (unpaired) electrons. The molecule has 0 aromatic carbocycles. The summed E-state index contributed by atoms with van der Waals surface area (Å²) in [4.78, 5) is 26.2. The number of nitrogens with zero attached hydrogens (tertiary/aromatic N) is 1. The number of carbonyl (C=O) groups excluding carboxylic acids is 2. The Labute approximate surface area is 101 Å². The maximum Gasteiger partial charge on any atom is 0.242 e. The molecule has 0 aromatic heterocycles. The first-order valence-corrected chi connectivity index (χ1v) is 6.60. The summed E-state index contributed by atoms with van der Waals surface area (Å²) in [6, 6.07) is 0.0312. The lowest BCUT2D eigenvalue weighted by Crippen LogP contribution is -2.59. The lowest BCUT2D eigenvalue weighted by molar-refractivity contribution is -0.145. The molecule has 3 heterocycles. The van der Waals surface area contributed by atoms with Crippen LogP contribution in [0, 0.1) is 0 Å². The molecule has 3 saturated heterocycles. The van der Waals surface area contributed by atoms with Gasteiger partial charge in [-0.25, -0.2) is 0 Å². The summed E-state index contributed by atoms with van der Waals surface area (Å²) in [7, 11) is 0. The summed E-state index contributed by atoms with van der Waals surface area (Å²) >= 11 is 0. The quantitative estimate of drug-likeness (QED) is 0.603. The summed E-state index contributed by atoms with van der Waals surface area (Å²) in [5.74, 6) is 0.184. The molecule has 0 aliphatic carbocycles. The highest BCUT2D eigenvalue weighted by Gasteiger charge is 2.45. The highest BCUT2D eigenvalue weighted by atomic mass is 16.2. The summed E-state index contributed by atoms with van der Waals surface area (Å²) in [5.41, 5.74) is 0. The Morgan fingerprint density at radius 2 is 1.88 bits per heavy atom. The minimum Gasteiger partial charge on any atom is -0.354 e. The Balaban J connectivity index is 1.87.